The molecule has 2 rings (SSSR count). The van der Waals surface area contributed by atoms with Gasteiger partial charge in [-0.05, 0) is 36.2 Å². The Bertz CT molecular complexity index is 610. The van der Waals surface area contributed by atoms with Gasteiger partial charge >= 0.3 is 7.82 Å². The van der Waals surface area contributed by atoms with Crippen molar-refractivity contribution in [3.8, 4) is 22.6 Å². The maximum absolute atomic E-state index is 10.7. The maximum Gasteiger partial charge on any atom is 0.524 e. The number of benzene rings is 2. The van der Waals surface area contributed by atoms with Gasteiger partial charge in [0.25, 0.3) is 0 Å². The fourth-order valence-electron chi connectivity index (χ4n) is 1.85. The number of hydrogen-bond donors (Lipinski definition) is 3. The minimum absolute atomic E-state index is 0.0742. The first kappa shape index (κ1) is 13.6. The molecule has 0 unspecified atom stereocenters. The molecule has 3 N–H and O–H groups in total. The molecule has 0 spiro atoms. The van der Waals surface area contributed by atoms with Crippen molar-refractivity contribution in [3.05, 3.63) is 48.0 Å². The molecule has 6 heteroatoms. The molecule has 19 heavy (non-hydrogen) atoms. The molecule has 0 atom stereocenters. The van der Waals surface area contributed by atoms with Gasteiger partial charge in [0, 0.05) is 5.56 Å². The number of aryl methyl sites for hydroxylation is 1. The van der Waals surface area contributed by atoms with Gasteiger partial charge in [-0.25, -0.2) is 4.57 Å². The van der Waals surface area contributed by atoms with E-state index in [2.05, 4.69) is 4.52 Å². The van der Waals surface area contributed by atoms with Crippen molar-refractivity contribution in [2.75, 3.05) is 0 Å². The fourth-order valence-corrected chi connectivity index (χ4v) is 2.24. The van der Waals surface area contributed by atoms with Crippen LogP contribution >= 0.6 is 7.82 Å². The van der Waals surface area contributed by atoms with Crippen LogP contribution in [0.4, 0.5) is 0 Å². The number of phenolic OH excluding ortho intramolecular Hbond substituents is 1. The second kappa shape index (κ2) is 5.05. The number of rotatable bonds is 3. The summed E-state index contributed by atoms with van der Waals surface area (Å²) in [6, 6.07) is 11.4. The van der Waals surface area contributed by atoms with Crippen molar-refractivity contribution in [2.24, 2.45) is 0 Å². The molecular formula is C13H13O5P. The van der Waals surface area contributed by atoms with Gasteiger partial charge in [-0.15, -0.1) is 0 Å². The Kier molecular flexibility index (Phi) is 3.62. The van der Waals surface area contributed by atoms with E-state index in [4.69, 9.17) is 9.79 Å². The summed E-state index contributed by atoms with van der Waals surface area (Å²) in [5, 5.41) is 9.84. The normalized spacial score (nSPS) is 11.3. The first-order valence-electron chi connectivity index (χ1n) is 5.51. The van der Waals surface area contributed by atoms with E-state index in [1.807, 2.05) is 13.0 Å². The number of hydrogen-bond acceptors (Lipinski definition) is 3. The van der Waals surface area contributed by atoms with Gasteiger partial charge in [-0.1, -0.05) is 24.3 Å². The number of phenols is 1. The predicted octanol–water partition coefficient (Wildman–Crippen LogP) is 2.84. The summed E-state index contributed by atoms with van der Waals surface area (Å²) in [6.45, 7) is 1.87. The molecule has 0 radical (unpaired) electrons. The van der Waals surface area contributed by atoms with Gasteiger partial charge in [0.2, 0.25) is 0 Å². The van der Waals surface area contributed by atoms with Crippen LogP contribution in [0.25, 0.3) is 11.1 Å². The van der Waals surface area contributed by atoms with Crippen LogP contribution in [0.5, 0.6) is 11.5 Å². The first-order valence-corrected chi connectivity index (χ1v) is 7.04. The Morgan fingerprint density at radius 2 is 1.68 bits per heavy atom. The number of phosphoric acid groups is 1. The van der Waals surface area contributed by atoms with Crippen molar-refractivity contribution < 1.29 is 24.0 Å². The van der Waals surface area contributed by atoms with Crippen molar-refractivity contribution in [1.29, 1.82) is 0 Å². The van der Waals surface area contributed by atoms with Crippen molar-refractivity contribution >= 4 is 7.82 Å². The summed E-state index contributed by atoms with van der Waals surface area (Å²) in [6.07, 6.45) is 0. The lowest BCUT2D eigenvalue weighted by molar-refractivity contribution is 0.283. The summed E-state index contributed by atoms with van der Waals surface area (Å²) in [7, 11) is -4.54. The highest BCUT2D eigenvalue weighted by molar-refractivity contribution is 7.46. The molecule has 0 amide bonds. The van der Waals surface area contributed by atoms with E-state index < -0.39 is 7.82 Å². The lowest BCUT2D eigenvalue weighted by Gasteiger charge is -2.10. The summed E-state index contributed by atoms with van der Waals surface area (Å²) >= 11 is 0. The van der Waals surface area contributed by atoms with Gasteiger partial charge < -0.3 is 9.63 Å². The Morgan fingerprint density at radius 1 is 1.05 bits per heavy atom. The minimum Gasteiger partial charge on any atom is -0.507 e. The van der Waals surface area contributed by atoms with Crippen LogP contribution in [-0.4, -0.2) is 14.9 Å². The van der Waals surface area contributed by atoms with Crippen LogP contribution in [0.3, 0.4) is 0 Å². The van der Waals surface area contributed by atoms with E-state index in [1.54, 1.807) is 24.3 Å². The fraction of sp³-hybridized carbons (Fsp3) is 0.0769. The molecule has 0 bridgehead atoms. The summed E-state index contributed by atoms with van der Waals surface area (Å²) in [5.41, 5.74) is 2.34. The van der Waals surface area contributed by atoms with Crippen LogP contribution in [0.2, 0.25) is 0 Å². The third kappa shape index (κ3) is 3.35. The zero-order valence-electron chi connectivity index (χ0n) is 10.1. The molecule has 2 aromatic rings. The highest BCUT2D eigenvalue weighted by atomic mass is 31.2. The van der Waals surface area contributed by atoms with Crippen molar-refractivity contribution in [3.63, 3.8) is 0 Å². The molecule has 2 aromatic carbocycles. The average molecular weight is 280 g/mol. The number of phosphoric ester groups is 1. The smallest absolute Gasteiger partial charge is 0.507 e. The van der Waals surface area contributed by atoms with Crippen LogP contribution in [0.15, 0.2) is 42.5 Å². The monoisotopic (exact) mass is 280 g/mol. The SMILES string of the molecule is Cc1cccc(O)c1-c1ccc(OP(=O)(O)O)cc1. The molecule has 0 aliphatic heterocycles. The standard InChI is InChI=1S/C13H13O5P/c1-9-3-2-4-12(14)13(9)10-5-7-11(8-6-10)18-19(15,16)17/h2-8,14H,1H3,(H2,15,16,17). The Balaban J connectivity index is 2.36. The van der Waals surface area contributed by atoms with Gasteiger partial charge in [0.15, 0.2) is 0 Å². The Labute approximate surface area is 110 Å². The van der Waals surface area contributed by atoms with Gasteiger partial charge in [-0.3, -0.25) is 9.79 Å². The van der Waals surface area contributed by atoms with E-state index in [0.717, 1.165) is 11.1 Å². The molecule has 0 aliphatic rings. The molecular weight excluding hydrogens is 267 g/mol. The van der Waals surface area contributed by atoms with E-state index >= 15 is 0 Å². The lowest BCUT2D eigenvalue weighted by atomic mass is 9.99. The van der Waals surface area contributed by atoms with Gasteiger partial charge in [-0.2, -0.15) is 0 Å². The zero-order valence-corrected chi connectivity index (χ0v) is 11.0. The van der Waals surface area contributed by atoms with Crippen LogP contribution < -0.4 is 4.52 Å². The Hall–Kier alpha value is -1.81. The number of aromatic hydroxyl groups is 1. The third-order valence-electron chi connectivity index (χ3n) is 2.62. The topological polar surface area (TPSA) is 87.0 Å². The first-order chi connectivity index (χ1) is 8.87. The molecule has 0 saturated heterocycles. The maximum atomic E-state index is 10.7. The highest BCUT2D eigenvalue weighted by Crippen LogP contribution is 2.39. The minimum atomic E-state index is -4.54. The molecule has 5 nitrogen and oxygen atoms in total. The quantitative estimate of drug-likeness (QED) is 0.752. The molecule has 0 heterocycles. The van der Waals surface area contributed by atoms with E-state index in [0.29, 0.717) is 5.56 Å². The molecule has 100 valence electrons. The van der Waals surface area contributed by atoms with Crippen LogP contribution in [0.1, 0.15) is 5.56 Å². The average Bonchev–Trinajstić information content (AvgIpc) is 2.29. The van der Waals surface area contributed by atoms with Crippen molar-refractivity contribution in [1.82, 2.24) is 0 Å². The molecule has 0 aliphatic carbocycles. The molecule has 0 saturated carbocycles. The van der Waals surface area contributed by atoms with Crippen LogP contribution in [0, 0.1) is 6.92 Å². The van der Waals surface area contributed by atoms with Crippen molar-refractivity contribution in [2.45, 2.75) is 6.92 Å². The second-order valence-electron chi connectivity index (χ2n) is 4.08. The summed E-state index contributed by atoms with van der Waals surface area (Å²) < 4.78 is 15.2. The van der Waals surface area contributed by atoms with E-state index in [1.165, 1.54) is 12.1 Å². The lowest BCUT2D eigenvalue weighted by Crippen LogP contribution is -1.90. The van der Waals surface area contributed by atoms with Gasteiger partial charge in [0.05, 0.1) is 0 Å². The largest absolute Gasteiger partial charge is 0.524 e. The highest BCUT2D eigenvalue weighted by Gasteiger charge is 2.16. The zero-order chi connectivity index (χ0) is 14.0. The van der Waals surface area contributed by atoms with E-state index in [9.17, 15) is 9.67 Å². The predicted molar refractivity (Wildman–Crippen MR) is 71.0 cm³/mol. The van der Waals surface area contributed by atoms with Crippen LogP contribution in [-0.2, 0) is 4.57 Å². The third-order valence-corrected chi connectivity index (χ3v) is 3.07. The second-order valence-corrected chi connectivity index (χ2v) is 5.24. The Morgan fingerprint density at radius 3 is 2.21 bits per heavy atom. The van der Waals surface area contributed by atoms with Gasteiger partial charge in [0.1, 0.15) is 11.5 Å². The summed E-state index contributed by atoms with van der Waals surface area (Å²) in [4.78, 5) is 17.4. The van der Waals surface area contributed by atoms with E-state index in [-0.39, 0.29) is 11.5 Å². The molecule has 0 aromatic heterocycles. The molecule has 0 fully saturated rings. The summed E-state index contributed by atoms with van der Waals surface area (Å²) in [5.74, 6) is 0.230.